The summed E-state index contributed by atoms with van der Waals surface area (Å²) in [5.41, 5.74) is 0.992. The van der Waals surface area contributed by atoms with Gasteiger partial charge in [0.15, 0.2) is 11.7 Å². The number of ether oxygens (including phenoxy) is 1. The van der Waals surface area contributed by atoms with Gasteiger partial charge in [0, 0.05) is 39.2 Å². The third kappa shape index (κ3) is 8.90. The molecule has 1 aromatic heterocycles. The third-order valence-electron chi connectivity index (χ3n) is 5.05. The molecule has 1 fully saturated rings. The van der Waals surface area contributed by atoms with Crippen molar-refractivity contribution in [1.29, 1.82) is 0 Å². The van der Waals surface area contributed by atoms with E-state index in [9.17, 15) is 4.79 Å². The molecule has 1 unspecified atom stereocenters. The molecule has 0 aliphatic carbocycles. The van der Waals surface area contributed by atoms with E-state index < -0.39 is 0 Å². The Kier molecular flexibility index (Phi) is 12.2. The van der Waals surface area contributed by atoms with Crippen LogP contribution in [0.25, 0.3) is 0 Å². The molecule has 1 saturated heterocycles. The molecule has 0 radical (unpaired) electrons. The Morgan fingerprint density at radius 1 is 1.31 bits per heavy atom. The highest BCUT2D eigenvalue weighted by atomic mass is 127. The van der Waals surface area contributed by atoms with Gasteiger partial charge in [-0.05, 0) is 32.1 Å². The van der Waals surface area contributed by atoms with Gasteiger partial charge in [0.25, 0.3) is 0 Å². The molecule has 0 aromatic carbocycles. The number of hydrogen-bond acceptors (Lipinski definition) is 5. The predicted molar refractivity (Wildman–Crippen MR) is 125 cm³/mol. The first kappa shape index (κ1) is 25.7. The Hall–Kier alpha value is -1.36. The summed E-state index contributed by atoms with van der Waals surface area (Å²) in [5, 5.41) is 10.7. The minimum atomic E-state index is -0.0503. The lowest BCUT2D eigenvalue weighted by molar-refractivity contribution is -0.127. The van der Waals surface area contributed by atoms with Gasteiger partial charge in [-0.15, -0.1) is 24.0 Å². The smallest absolute Gasteiger partial charge is 0.243 e. The molecule has 0 saturated carbocycles. The van der Waals surface area contributed by atoms with Crippen molar-refractivity contribution in [2.24, 2.45) is 4.99 Å². The first-order chi connectivity index (χ1) is 13.5. The topological polar surface area (TPSA) is 92.0 Å². The molecule has 2 N–H and O–H groups in total. The molecular weight excluding hydrogens is 485 g/mol. The van der Waals surface area contributed by atoms with Crippen LogP contribution in [0.1, 0.15) is 63.3 Å². The number of amides is 1. The molecular formula is C20H36IN5O3. The lowest BCUT2D eigenvalue weighted by atomic mass is 9.99. The Morgan fingerprint density at radius 2 is 2.07 bits per heavy atom. The lowest BCUT2D eigenvalue weighted by Gasteiger charge is -2.23. The SMILES string of the molecule is CCC(CC)c1cc(CNC(=NCC(=O)N(C)C)NCC2CCCCO2)on1.I. The zero-order valence-electron chi connectivity index (χ0n) is 18.1. The van der Waals surface area contributed by atoms with Gasteiger partial charge < -0.3 is 24.8 Å². The minimum Gasteiger partial charge on any atom is -0.376 e. The van der Waals surface area contributed by atoms with E-state index in [1.54, 1.807) is 14.1 Å². The van der Waals surface area contributed by atoms with Crippen LogP contribution in [0.3, 0.4) is 0 Å². The number of nitrogens with one attached hydrogen (secondary N) is 2. The van der Waals surface area contributed by atoms with Gasteiger partial charge in [0.05, 0.1) is 18.3 Å². The van der Waals surface area contributed by atoms with E-state index in [0.717, 1.165) is 43.7 Å². The van der Waals surface area contributed by atoms with Crippen LogP contribution < -0.4 is 10.6 Å². The maximum atomic E-state index is 11.9. The molecule has 0 spiro atoms. The summed E-state index contributed by atoms with van der Waals surface area (Å²) in [6, 6.07) is 2.00. The van der Waals surface area contributed by atoms with Crippen molar-refractivity contribution in [3.05, 3.63) is 17.5 Å². The maximum Gasteiger partial charge on any atom is 0.243 e. The molecule has 1 aliphatic rings. The number of rotatable bonds is 9. The summed E-state index contributed by atoms with van der Waals surface area (Å²) in [6.07, 6.45) is 5.60. The number of halogens is 1. The van der Waals surface area contributed by atoms with E-state index in [0.29, 0.717) is 25.0 Å². The van der Waals surface area contributed by atoms with E-state index >= 15 is 0 Å². The van der Waals surface area contributed by atoms with E-state index in [-0.39, 0.29) is 42.5 Å². The third-order valence-corrected chi connectivity index (χ3v) is 5.05. The van der Waals surface area contributed by atoms with Crippen LogP contribution >= 0.6 is 24.0 Å². The van der Waals surface area contributed by atoms with Crippen LogP contribution in [0.2, 0.25) is 0 Å². The minimum absolute atomic E-state index is 0. The van der Waals surface area contributed by atoms with E-state index in [4.69, 9.17) is 9.26 Å². The van der Waals surface area contributed by atoms with E-state index in [2.05, 4.69) is 34.6 Å². The number of hydrogen-bond donors (Lipinski definition) is 2. The molecule has 8 nitrogen and oxygen atoms in total. The second-order valence-electron chi connectivity index (χ2n) is 7.41. The van der Waals surface area contributed by atoms with E-state index in [1.165, 1.54) is 11.3 Å². The molecule has 0 bridgehead atoms. The highest BCUT2D eigenvalue weighted by Crippen LogP contribution is 2.22. The average molecular weight is 521 g/mol. The Morgan fingerprint density at radius 3 is 2.69 bits per heavy atom. The molecule has 29 heavy (non-hydrogen) atoms. The van der Waals surface area contributed by atoms with Gasteiger partial charge in [-0.1, -0.05) is 19.0 Å². The first-order valence-electron chi connectivity index (χ1n) is 10.3. The molecule has 1 aromatic rings. The van der Waals surface area contributed by atoms with Gasteiger partial charge in [0.2, 0.25) is 5.91 Å². The van der Waals surface area contributed by atoms with Crippen molar-refractivity contribution in [1.82, 2.24) is 20.7 Å². The van der Waals surface area contributed by atoms with Crippen LogP contribution in [0, 0.1) is 0 Å². The van der Waals surface area contributed by atoms with E-state index in [1.807, 2.05) is 6.07 Å². The highest BCUT2D eigenvalue weighted by Gasteiger charge is 2.16. The summed E-state index contributed by atoms with van der Waals surface area (Å²) in [7, 11) is 3.45. The second kappa shape index (κ2) is 13.8. The Bertz CT molecular complexity index is 625. The van der Waals surface area contributed by atoms with Crippen molar-refractivity contribution >= 4 is 35.8 Å². The summed E-state index contributed by atoms with van der Waals surface area (Å²) in [4.78, 5) is 17.8. The summed E-state index contributed by atoms with van der Waals surface area (Å²) in [5.74, 6) is 1.70. The lowest BCUT2D eigenvalue weighted by Crippen LogP contribution is -2.43. The second-order valence-corrected chi connectivity index (χ2v) is 7.41. The van der Waals surface area contributed by atoms with Crippen LogP contribution in [0.15, 0.2) is 15.6 Å². The molecule has 2 rings (SSSR count). The molecule has 1 atom stereocenters. The predicted octanol–water partition coefficient (Wildman–Crippen LogP) is 2.89. The summed E-state index contributed by atoms with van der Waals surface area (Å²) < 4.78 is 11.2. The van der Waals surface area contributed by atoms with Gasteiger partial charge in [-0.25, -0.2) is 4.99 Å². The van der Waals surface area contributed by atoms with Gasteiger partial charge in [0.1, 0.15) is 6.54 Å². The summed E-state index contributed by atoms with van der Waals surface area (Å²) >= 11 is 0. The average Bonchev–Trinajstić information content (AvgIpc) is 3.17. The summed E-state index contributed by atoms with van der Waals surface area (Å²) in [6.45, 7) is 6.33. The van der Waals surface area contributed by atoms with Gasteiger partial charge in [-0.2, -0.15) is 0 Å². The molecule has 1 amide bonds. The van der Waals surface area contributed by atoms with Crippen LogP contribution in [-0.2, 0) is 16.1 Å². The fourth-order valence-electron chi connectivity index (χ4n) is 3.12. The maximum absolute atomic E-state index is 11.9. The molecule has 2 heterocycles. The van der Waals surface area contributed by atoms with Crippen LogP contribution in [-0.4, -0.2) is 61.8 Å². The first-order valence-corrected chi connectivity index (χ1v) is 10.3. The molecule has 9 heteroatoms. The Balaban J connectivity index is 0.00000420. The molecule has 166 valence electrons. The number of aromatic nitrogens is 1. The monoisotopic (exact) mass is 521 g/mol. The number of likely N-dealkylation sites (N-methyl/N-ethyl adjacent to an activating group) is 1. The van der Waals surface area contributed by atoms with Crippen molar-refractivity contribution < 1.29 is 14.1 Å². The Labute approximate surface area is 191 Å². The standard InChI is InChI=1S/C20H35N5O3.HI/c1-5-15(6-2)18-11-17(28-24-18)13-22-20(23-14-19(26)25(3)4)21-12-16-9-7-8-10-27-16;/h11,15-16H,5-10,12-14H2,1-4H3,(H2,21,22,23);1H. The number of aliphatic imine (C=N–C) groups is 1. The number of carbonyl (C=O) groups is 1. The van der Waals surface area contributed by atoms with Gasteiger partial charge >= 0.3 is 0 Å². The number of carbonyl (C=O) groups excluding carboxylic acids is 1. The van der Waals surface area contributed by atoms with Crippen LogP contribution in [0.4, 0.5) is 0 Å². The highest BCUT2D eigenvalue weighted by molar-refractivity contribution is 14.0. The normalized spacial score (nSPS) is 17.0. The largest absolute Gasteiger partial charge is 0.376 e. The zero-order valence-corrected chi connectivity index (χ0v) is 20.4. The van der Waals surface area contributed by atoms with Crippen molar-refractivity contribution in [3.63, 3.8) is 0 Å². The quantitative estimate of drug-likeness (QED) is 0.295. The number of guanidine groups is 1. The number of nitrogens with zero attached hydrogens (tertiary/aromatic N) is 3. The van der Waals surface area contributed by atoms with Crippen molar-refractivity contribution in [2.75, 3.05) is 33.8 Å². The fourth-order valence-corrected chi connectivity index (χ4v) is 3.12. The van der Waals surface area contributed by atoms with Crippen molar-refractivity contribution in [2.45, 2.75) is 64.5 Å². The molecule has 1 aliphatic heterocycles. The van der Waals surface area contributed by atoms with Crippen LogP contribution in [0.5, 0.6) is 0 Å². The van der Waals surface area contributed by atoms with Gasteiger partial charge in [-0.3, -0.25) is 4.79 Å². The zero-order chi connectivity index (χ0) is 20.4. The fraction of sp³-hybridized carbons (Fsp3) is 0.750. The van der Waals surface area contributed by atoms with Crippen molar-refractivity contribution in [3.8, 4) is 0 Å².